The zero-order valence-electron chi connectivity index (χ0n) is 12.4. The van der Waals surface area contributed by atoms with Gasteiger partial charge in [-0.1, -0.05) is 0 Å². The van der Waals surface area contributed by atoms with Crippen LogP contribution in [-0.2, 0) is 29.0 Å². The van der Waals surface area contributed by atoms with Crippen LogP contribution in [0.15, 0.2) is 0 Å². The normalized spacial score (nSPS) is 28.6. The largest absolute Gasteiger partial charge is 0.377 e. The molecule has 122 valence electrons. The summed E-state index contributed by atoms with van der Waals surface area (Å²) in [4.78, 5) is 13.6. The molecule has 1 atom stereocenters. The van der Waals surface area contributed by atoms with Crippen LogP contribution in [0.25, 0.3) is 0 Å². The molecule has 2 heterocycles. The molecular weight excluding hydrogens is 300 g/mol. The van der Waals surface area contributed by atoms with Gasteiger partial charge in [-0.2, -0.15) is 4.31 Å². The Kier molecular flexibility index (Phi) is 5.20. The molecule has 1 amide bonds. The fourth-order valence-corrected chi connectivity index (χ4v) is 3.49. The van der Waals surface area contributed by atoms with Gasteiger partial charge in [0.1, 0.15) is 12.2 Å². The predicted octanol–water partition coefficient (Wildman–Crippen LogP) is -1.48. The van der Waals surface area contributed by atoms with Crippen molar-refractivity contribution in [1.82, 2.24) is 9.21 Å². The number of hydrogen-bond donors (Lipinski definition) is 0. The zero-order chi connectivity index (χ0) is 15.5. The summed E-state index contributed by atoms with van der Waals surface area (Å²) in [5, 5.41) is 0. The first kappa shape index (κ1) is 16.6. The lowest BCUT2D eigenvalue weighted by Gasteiger charge is -2.42. The molecule has 8 nitrogen and oxygen atoms in total. The number of rotatable bonds is 3. The van der Waals surface area contributed by atoms with Crippen LogP contribution < -0.4 is 0 Å². The van der Waals surface area contributed by atoms with E-state index in [2.05, 4.69) is 0 Å². The smallest absolute Gasteiger partial charge is 0.248 e. The molecule has 2 fully saturated rings. The number of sulfonamides is 1. The van der Waals surface area contributed by atoms with Crippen molar-refractivity contribution in [2.24, 2.45) is 0 Å². The zero-order valence-corrected chi connectivity index (χ0v) is 13.2. The van der Waals surface area contributed by atoms with E-state index in [1.807, 2.05) is 0 Å². The molecule has 9 heteroatoms. The Hall–Kier alpha value is -0.740. The minimum atomic E-state index is -3.33. The molecule has 0 bridgehead atoms. The van der Waals surface area contributed by atoms with Gasteiger partial charge in [0.25, 0.3) is 0 Å². The van der Waals surface area contributed by atoms with Crippen molar-refractivity contribution >= 4 is 15.9 Å². The standard InChI is InChI=1S/C12H22N2O6S/c1-18-7-11(15)13-3-6-20-12(8-13)9-14(21(2,16)17)4-5-19-10-12/h3-10H2,1-2H3/t12-/m0/s1. The molecule has 2 aliphatic heterocycles. The van der Waals surface area contributed by atoms with Crippen molar-refractivity contribution < 1.29 is 27.4 Å². The first-order chi connectivity index (χ1) is 9.86. The predicted molar refractivity (Wildman–Crippen MR) is 74.4 cm³/mol. The van der Waals surface area contributed by atoms with Gasteiger partial charge < -0.3 is 19.1 Å². The van der Waals surface area contributed by atoms with E-state index in [-0.39, 0.29) is 25.7 Å². The van der Waals surface area contributed by atoms with E-state index in [0.29, 0.717) is 32.8 Å². The van der Waals surface area contributed by atoms with Crippen LogP contribution in [0.4, 0.5) is 0 Å². The van der Waals surface area contributed by atoms with Gasteiger partial charge >= 0.3 is 0 Å². The molecule has 0 unspecified atom stereocenters. The number of morpholine rings is 1. The first-order valence-corrected chi connectivity index (χ1v) is 8.65. The summed E-state index contributed by atoms with van der Waals surface area (Å²) in [5.74, 6) is -0.129. The number of hydrogen-bond acceptors (Lipinski definition) is 6. The van der Waals surface area contributed by atoms with Gasteiger partial charge in [-0.05, 0) is 0 Å². The van der Waals surface area contributed by atoms with Gasteiger partial charge in [0.05, 0.1) is 32.6 Å². The molecule has 0 aromatic rings. The molecule has 0 N–H and O–H groups in total. The highest BCUT2D eigenvalue weighted by molar-refractivity contribution is 7.88. The molecule has 0 radical (unpaired) electrons. The Bertz CT molecular complexity index is 482. The lowest BCUT2D eigenvalue weighted by atomic mass is 10.0. The third-order valence-electron chi connectivity index (χ3n) is 3.65. The Balaban J connectivity index is 2.13. The number of amides is 1. The second-order valence-electron chi connectivity index (χ2n) is 5.43. The quantitative estimate of drug-likeness (QED) is 0.630. The molecule has 2 rings (SSSR count). The molecule has 0 saturated carbocycles. The van der Waals surface area contributed by atoms with E-state index < -0.39 is 15.6 Å². The fraction of sp³-hybridized carbons (Fsp3) is 0.917. The van der Waals surface area contributed by atoms with Crippen molar-refractivity contribution in [2.45, 2.75) is 5.60 Å². The van der Waals surface area contributed by atoms with E-state index in [4.69, 9.17) is 14.2 Å². The van der Waals surface area contributed by atoms with Crippen molar-refractivity contribution in [1.29, 1.82) is 0 Å². The van der Waals surface area contributed by atoms with E-state index in [1.165, 1.54) is 17.7 Å². The third-order valence-corrected chi connectivity index (χ3v) is 4.90. The summed E-state index contributed by atoms with van der Waals surface area (Å²) in [6, 6.07) is 0. The molecule has 0 aromatic carbocycles. The molecule has 2 aliphatic rings. The summed E-state index contributed by atoms with van der Waals surface area (Å²) in [6.07, 6.45) is 1.17. The van der Waals surface area contributed by atoms with Gasteiger partial charge in [-0.3, -0.25) is 4.79 Å². The molecule has 1 spiro atoms. The van der Waals surface area contributed by atoms with E-state index in [1.54, 1.807) is 4.90 Å². The number of ether oxygens (including phenoxy) is 3. The van der Waals surface area contributed by atoms with Gasteiger partial charge in [0.2, 0.25) is 15.9 Å². The Labute approximate surface area is 125 Å². The van der Waals surface area contributed by atoms with Crippen molar-refractivity contribution in [2.75, 3.05) is 66.0 Å². The highest BCUT2D eigenvalue weighted by atomic mass is 32.2. The van der Waals surface area contributed by atoms with Crippen molar-refractivity contribution in [3.05, 3.63) is 0 Å². The molecule has 21 heavy (non-hydrogen) atoms. The van der Waals surface area contributed by atoms with Crippen LogP contribution in [0.1, 0.15) is 0 Å². The van der Waals surface area contributed by atoms with Crippen LogP contribution in [0.5, 0.6) is 0 Å². The number of carbonyl (C=O) groups is 1. The van der Waals surface area contributed by atoms with E-state index in [0.717, 1.165) is 0 Å². The highest BCUT2D eigenvalue weighted by Crippen LogP contribution is 2.23. The minimum Gasteiger partial charge on any atom is -0.377 e. The number of carbonyl (C=O) groups excluding carboxylic acids is 1. The van der Waals surface area contributed by atoms with Crippen molar-refractivity contribution in [3.63, 3.8) is 0 Å². The van der Waals surface area contributed by atoms with E-state index in [9.17, 15) is 13.2 Å². The summed E-state index contributed by atoms with van der Waals surface area (Å²) in [6.45, 7) is 2.24. The second kappa shape index (κ2) is 6.57. The van der Waals surface area contributed by atoms with Crippen LogP contribution in [0.2, 0.25) is 0 Å². The Morgan fingerprint density at radius 1 is 1.29 bits per heavy atom. The average molecular weight is 322 g/mol. The lowest BCUT2D eigenvalue weighted by Crippen LogP contribution is -2.60. The molecule has 2 saturated heterocycles. The topological polar surface area (TPSA) is 85.4 Å². The fourth-order valence-electron chi connectivity index (χ4n) is 2.61. The second-order valence-corrected chi connectivity index (χ2v) is 7.41. The van der Waals surface area contributed by atoms with Gasteiger partial charge in [-0.25, -0.2) is 8.42 Å². The van der Waals surface area contributed by atoms with Crippen LogP contribution in [0.3, 0.4) is 0 Å². The van der Waals surface area contributed by atoms with Crippen LogP contribution in [-0.4, -0.2) is 95.1 Å². The van der Waals surface area contributed by atoms with Gasteiger partial charge in [-0.15, -0.1) is 0 Å². The summed E-state index contributed by atoms with van der Waals surface area (Å²) >= 11 is 0. The van der Waals surface area contributed by atoms with Gasteiger partial charge in [0, 0.05) is 26.7 Å². The van der Waals surface area contributed by atoms with Crippen molar-refractivity contribution in [3.8, 4) is 0 Å². The summed E-state index contributed by atoms with van der Waals surface area (Å²) in [5.41, 5.74) is -0.804. The number of methoxy groups -OCH3 is 1. The molecular formula is C12H22N2O6S. The Morgan fingerprint density at radius 2 is 2.05 bits per heavy atom. The maximum Gasteiger partial charge on any atom is 0.248 e. The summed E-state index contributed by atoms with van der Waals surface area (Å²) < 4.78 is 41.1. The molecule has 0 aliphatic carbocycles. The monoisotopic (exact) mass is 322 g/mol. The van der Waals surface area contributed by atoms with Crippen LogP contribution in [0, 0.1) is 0 Å². The average Bonchev–Trinajstić information content (AvgIpc) is 2.62. The Morgan fingerprint density at radius 3 is 2.71 bits per heavy atom. The number of nitrogens with zero attached hydrogens (tertiary/aromatic N) is 2. The first-order valence-electron chi connectivity index (χ1n) is 6.80. The SMILES string of the molecule is COCC(=O)N1CCO[C@@]2(COCCN(S(C)(=O)=O)C2)C1. The molecule has 0 aromatic heterocycles. The maximum atomic E-state index is 12.0. The van der Waals surface area contributed by atoms with Crippen LogP contribution >= 0.6 is 0 Å². The summed E-state index contributed by atoms with van der Waals surface area (Å²) in [7, 11) is -1.86. The third kappa shape index (κ3) is 4.13. The maximum absolute atomic E-state index is 12.0. The highest BCUT2D eigenvalue weighted by Gasteiger charge is 2.43. The lowest BCUT2D eigenvalue weighted by molar-refractivity contribution is -0.162. The van der Waals surface area contributed by atoms with Gasteiger partial charge in [0.15, 0.2) is 0 Å². The van der Waals surface area contributed by atoms with E-state index >= 15 is 0 Å². The minimum absolute atomic E-state index is 0.00667.